The third-order valence-corrected chi connectivity index (χ3v) is 2.94. The van der Waals surface area contributed by atoms with E-state index in [1.54, 1.807) is 41.5 Å². The first-order valence-electron chi connectivity index (χ1n) is 4.76. The molecule has 0 aliphatic carbocycles. The Bertz CT molecular complexity index is 451. The van der Waals surface area contributed by atoms with Crippen LogP contribution >= 0.6 is 23.2 Å². The molecule has 0 radical (unpaired) electrons. The monoisotopic (exact) mass is 256 g/mol. The minimum atomic E-state index is -0.740. The Hall–Kier alpha value is -1.03. The minimum absolute atomic E-state index is 0.378. The van der Waals surface area contributed by atoms with Crippen LogP contribution in [0.4, 0.5) is 0 Å². The Morgan fingerprint density at radius 1 is 1.31 bits per heavy atom. The first kappa shape index (κ1) is 11.5. The van der Waals surface area contributed by atoms with Crippen molar-refractivity contribution in [2.24, 2.45) is 0 Å². The van der Waals surface area contributed by atoms with Crippen molar-refractivity contribution < 1.29 is 5.11 Å². The fraction of sp³-hybridized carbons (Fsp3) is 0.182. The number of aromatic nitrogens is 2. The Morgan fingerprint density at radius 3 is 2.56 bits per heavy atom. The third kappa shape index (κ3) is 2.38. The van der Waals surface area contributed by atoms with E-state index in [9.17, 15) is 5.11 Å². The molecule has 0 aliphatic rings. The number of imidazole rings is 1. The van der Waals surface area contributed by atoms with Crippen LogP contribution in [0.5, 0.6) is 0 Å². The average molecular weight is 257 g/mol. The molecule has 0 aliphatic heterocycles. The molecule has 1 N–H and O–H groups in total. The topological polar surface area (TPSA) is 38.0 Å². The van der Waals surface area contributed by atoms with Crippen molar-refractivity contribution in [1.82, 2.24) is 9.55 Å². The van der Waals surface area contributed by atoms with E-state index in [4.69, 9.17) is 23.2 Å². The molecule has 84 valence electrons. The Labute approximate surface area is 103 Å². The zero-order valence-corrected chi connectivity index (χ0v) is 9.86. The SMILES string of the molecule is OC(Cn1ccnc1)c1c(Cl)cccc1Cl. The molecule has 0 spiro atoms. The van der Waals surface area contributed by atoms with Gasteiger partial charge < -0.3 is 9.67 Å². The van der Waals surface area contributed by atoms with Gasteiger partial charge in [0.15, 0.2) is 0 Å². The minimum Gasteiger partial charge on any atom is -0.386 e. The number of benzene rings is 1. The highest BCUT2D eigenvalue weighted by atomic mass is 35.5. The smallest absolute Gasteiger partial charge is 0.0998 e. The van der Waals surface area contributed by atoms with Crippen molar-refractivity contribution in [3.8, 4) is 0 Å². The molecule has 1 aromatic carbocycles. The second-order valence-corrected chi connectivity index (χ2v) is 4.23. The molecule has 1 heterocycles. The molecular formula is C11H10Cl2N2O. The molecule has 0 fully saturated rings. The van der Waals surface area contributed by atoms with E-state index < -0.39 is 6.10 Å². The molecule has 2 aromatic rings. The lowest BCUT2D eigenvalue weighted by molar-refractivity contribution is 0.156. The Morgan fingerprint density at radius 2 is 2.00 bits per heavy atom. The third-order valence-electron chi connectivity index (χ3n) is 2.28. The van der Waals surface area contributed by atoms with Gasteiger partial charge in [0.25, 0.3) is 0 Å². The van der Waals surface area contributed by atoms with E-state index in [0.29, 0.717) is 22.2 Å². The van der Waals surface area contributed by atoms with Crippen molar-refractivity contribution in [3.63, 3.8) is 0 Å². The number of nitrogens with zero attached hydrogens (tertiary/aromatic N) is 2. The number of halogens is 2. The number of aliphatic hydroxyl groups excluding tert-OH is 1. The summed E-state index contributed by atoms with van der Waals surface area (Å²) in [4.78, 5) is 3.90. The molecule has 0 saturated carbocycles. The summed E-state index contributed by atoms with van der Waals surface area (Å²) in [5, 5.41) is 11.0. The average Bonchev–Trinajstić information content (AvgIpc) is 2.70. The van der Waals surface area contributed by atoms with Gasteiger partial charge in [-0.15, -0.1) is 0 Å². The Balaban J connectivity index is 2.24. The molecule has 5 heteroatoms. The maximum absolute atomic E-state index is 10.0. The van der Waals surface area contributed by atoms with Crippen molar-refractivity contribution >= 4 is 23.2 Å². The van der Waals surface area contributed by atoms with Crippen molar-refractivity contribution in [3.05, 3.63) is 52.5 Å². The van der Waals surface area contributed by atoms with Crippen LogP contribution in [0.3, 0.4) is 0 Å². The van der Waals surface area contributed by atoms with Gasteiger partial charge in [-0.05, 0) is 12.1 Å². The number of hydrogen-bond acceptors (Lipinski definition) is 2. The normalized spacial score (nSPS) is 12.7. The predicted molar refractivity (Wildman–Crippen MR) is 63.6 cm³/mol. The van der Waals surface area contributed by atoms with E-state index in [0.717, 1.165) is 0 Å². The van der Waals surface area contributed by atoms with Crippen LogP contribution in [0.15, 0.2) is 36.9 Å². The van der Waals surface area contributed by atoms with E-state index in [1.807, 2.05) is 0 Å². The summed E-state index contributed by atoms with van der Waals surface area (Å²) in [5.41, 5.74) is 0.555. The molecule has 16 heavy (non-hydrogen) atoms. The van der Waals surface area contributed by atoms with Crippen LogP contribution < -0.4 is 0 Å². The highest BCUT2D eigenvalue weighted by molar-refractivity contribution is 6.36. The van der Waals surface area contributed by atoms with Crippen LogP contribution in [0.25, 0.3) is 0 Å². The lowest BCUT2D eigenvalue weighted by Crippen LogP contribution is -2.08. The number of rotatable bonds is 3. The summed E-state index contributed by atoms with van der Waals surface area (Å²) in [6, 6.07) is 5.16. The van der Waals surface area contributed by atoms with E-state index in [1.165, 1.54) is 0 Å². The van der Waals surface area contributed by atoms with Gasteiger partial charge in [0, 0.05) is 28.0 Å². The largest absolute Gasteiger partial charge is 0.386 e. The molecular weight excluding hydrogens is 247 g/mol. The van der Waals surface area contributed by atoms with Gasteiger partial charge in [0.2, 0.25) is 0 Å². The molecule has 0 amide bonds. The molecule has 0 bridgehead atoms. The standard InChI is InChI=1S/C11H10Cl2N2O/c12-8-2-1-3-9(13)11(8)10(16)6-15-5-4-14-7-15/h1-5,7,10,16H,6H2. The lowest BCUT2D eigenvalue weighted by atomic mass is 10.1. The van der Waals surface area contributed by atoms with Crippen molar-refractivity contribution in [2.45, 2.75) is 12.6 Å². The molecule has 1 unspecified atom stereocenters. The summed E-state index contributed by atoms with van der Waals surface area (Å²) in [6.45, 7) is 0.378. The fourth-order valence-electron chi connectivity index (χ4n) is 1.51. The summed E-state index contributed by atoms with van der Waals surface area (Å²) in [7, 11) is 0. The lowest BCUT2D eigenvalue weighted by Gasteiger charge is -2.14. The Kier molecular flexibility index (Phi) is 3.49. The number of hydrogen-bond donors (Lipinski definition) is 1. The zero-order chi connectivity index (χ0) is 11.5. The second-order valence-electron chi connectivity index (χ2n) is 3.41. The first-order chi connectivity index (χ1) is 7.68. The summed E-state index contributed by atoms with van der Waals surface area (Å²) in [6.07, 6.45) is 4.32. The summed E-state index contributed by atoms with van der Waals surface area (Å²) >= 11 is 12.0. The van der Waals surface area contributed by atoms with Gasteiger partial charge >= 0.3 is 0 Å². The van der Waals surface area contributed by atoms with Crippen molar-refractivity contribution in [2.75, 3.05) is 0 Å². The van der Waals surface area contributed by atoms with Crippen LogP contribution in [0, 0.1) is 0 Å². The zero-order valence-electron chi connectivity index (χ0n) is 8.35. The van der Waals surface area contributed by atoms with Crippen molar-refractivity contribution in [1.29, 1.82) is 0 Å². The maximum atomic E-state index is 10.0. The molecule has 3 nitrogen and oxygen atoms in total. The molecule has 2 rings (SSSR count). The maximum Gasteiger partial charge on any atom is 0.0998 e. The summed E-state index contributed by atoms with van der Waals surface area (Å²) < 4.78 is 1.77. The van der Waals surface area contributed by atoms with E-state index in [-0.39, 0.29) is 0 Å². The van der Waals surface area contributed by atoms with Gasteiger partial charge in [-0.25, -0.2) is 4.98 Å². The van der Waals surface area contributed by atoms with Crippen LogP contribution in [-0.4, -0.2) is 14.7 Å². The predicted octanol–water partition coefficient (Wildman–Crippen LogP) is 2.92. The molecule has 1 aromatic heterocycles. The second kappa shape index (κ2) is 4.87. The first-order valence-corrected chi connectivity index (χ1v) is 5.52. The quantitative estimate of drug-likeness (QED) is 0.917. The van der Waals surface area contributed by atoms with Gasteiger partial charge in [0.1, 0.15) is 0 Å². The van der Waals surface area contributed by atoms with Gasteiger partial charge in [-0.3, -0.25) is 0 Å². The van der Waals surface area contributed by atoms with E-state index >= 15 is 0 Å². The summed E-state index contributed by atoms with van der Waals surface area (Å²) in [5.74, 6) is 0. The number of aliphatic hydroxyl groups is 1. The van der Waals surface area contributed by atoms with Gasteiger partial charge in [-0.1, -0.05) is 29.3 Å². The van der Waals surface area contributed by atoms with Crippen LogP contribution in [0.1, 0.15) is 11.7 Å². The van der Waals surface area contributed by atoms with Gasteiger partial charge in [-0.2, -0.15) is 0 Å². The van der Waals surface area contributed by atoms with Crippen LogP contribution in [-0.2, 0) is 6.54 Å². The van der Waals surface area contributed by atoms with Crippen LogP contribution in [0.2, 0.25) is 10.0 Å². The van der Waals surface area contributed by atoms with E-state index in [2.05, 4.69) is 4.98 Å². The highest BCUT2D eigenvalue weighted by Gasteiger charge is 2.15. The fourth-order valence-corrected chi connectivity index (χ4v) is 2.16. The molecule has 0 saturated heterocycles. The highest BCUT2D eigenvalue weighted by Crippen LogP contribution is 2.30. The van der Waals surface area contributed by atoms with Gasteiger partial charge in [0.05, 0.1) is 19.0 Å². The molecule has 1 atom stereocenters.